The first kappa shape index (κ1) is 14.3. The van der Waals surface area contributed by atoms with Crippen LogP contribution in [0.25, 0.3) is 10.8 Å². The van der Waals surface area contributed by atoms with Gasteiger partial charge in [-0.15, -0.1) is 0 Å². The second-order valence-corrected chi connectivity index (χ2v) is 5.33. The van der Waals surface area contributed by atoms with Gasteiger partial charge in [-0.2, -0.15) is 0 Å². The Morgan fingerprint density at radius 3 is 2.55 bits per heavy atom. The molecular formula is C17H15NO4. The lowest BCUT2D eigenvalue weighted by atomic mass is 10.0. The number of carboxylic acid groups (broad SMARTS) is 1. The first-order valence-corrected chi connectivity index (χ1v) is 7.18. The van der Waals surface area contributed by atoms with E-state index in [4.69, 9.17) is 0 Å². The predicted molar refractivity (Wildman–Crippen MR) is 80.8 cm³/mol. The van der Waals surface area contributed by atoms with Crippen molar-refractivity contribution in [2.75, 3.05) is 0 Å². The number of benzene rings is 2. The molecule has 1 aliphatic heterocycles. The predicted octanol–water partition coefficient (Wildman–Crippen LogP) is 2.69. The number of nitrogens with zero attached hydrogens (tertiary/aromatic N) is 1. The van der Waals surface area contributed by atoms with Crippen LogP contribution < -0.4 is 0 Å². The van der Waals surface area contributed by atoms with Crippen molar-refractivity contribution in [3.05, 3.63) is 47.5 Å². The number of carbonyl (C=O) groups is 3. The summed E-state index contributed by atoms with van der Waals surface area (Å²) in [6, 6.07) is 9.54. The summed E-state index contributed by atoms with van der Waals surface area (Å²) in [5, 5.41) is 10.9. The molecule has 0 fully saturated rings. The second kappa shape index (κ2) is 5.26. The van der Waals surface area contributed by atoms with E-state index in [1.54, 1.807) is 24.3 Å². The third-order valence-electron chi connectivity index (χ3n) is 3.97. The summed E-state index contributed by atoms with van der Waals surface area (Å²) in [6.07, 6.45) is 0.823. The van der Waals surface area contributed by atoms with E-state index < -0.39 is 23.8 Å². The van der Waals surface area contributed by atoms with Crippen molar-refractivity contribution in [1.29, 1.82) is 0 Å². The minimum atomic E-state index is -1.15. The average Bonchev–Trinajstić information content (AvgIpc) is 2.76. The maximum absolute atomic E-state index is 12.7. The molecule has 0 spiro atoms. The van der Waals surface area contributed by atoms with E-state index >= 15 is 0 Å². The lowest BCUT2D eigenvalue weighted by molar-refractivity contribution is -0.141. The van der Waals surface area contributed by atoms with Crippen LogP contribution >= 0.6 is 0 Å². The van der Waals surface area contributed by atoms with Gasteiger partial charge in [-0.3, -0.25) is 14.5 Å². The van der Waals surface area contributed by atoms with E-state index in [1.807, 2.05) is 19.1 Å². The van der Waals surface area contributed by atoms with Gasteiger partial charge in [0.2, 0.25) is 0 Å². The Morgan fingerprint density at radius 1 is 1.14 bits per heavy atom. The Labute approximate surface area is 127 Å². The van der Waals surface area contributed by atoms with Gasteiger partial charge in [-0.25, -0.2) is 4.79 Å². The van der Waals surface area contributed by atoms with Crippen molar-refractivity contribution in [2.24, 2.45) is 0 Å². The summed E-state index contributed by atoms with van der Waals surface area (Å²) < 4.78 is 0. The summed E-state index contributed by atoms with van der Waals surface area (Å²) in [5.74, 6) is -2.19. The third-order valence-corrected chi connectivity index (χ3v) is 3.97. The Morgan fingerprint density at radius 2 is 1.86 bits per heavy atom. The van der Waals surface area contributed by atoms with Crippen LogP contribution in [-0.4, -0.2) is 33.8 Å². The Kier molecular flexibility index (Phi) is 3.41. The first-order valence-electron chi connectivity index (χ1n) is 7.18. The average molecular weight is 297 g/mol. The molecule has 1 aliphatic rings. The molecule has 2 amide bonds. The van der Waals surface area contributed by atoms with Crippen LogP contribution in [0.1, 0.15) is 40.5 Å². The van der Waals surface area contributed by atoms with Crippen LogP contribution in [0.3, 0.4) is 0 Å². The van der Waals surface area contributed by atoms with Gasteiger partial charge in [0.25, 0.3) is 11.8 Å². The number of hydrogen-bond donors (Lipinski definition) is 1. The quantitative estimate of drug-likeness (QED) is 0.880. The fourth-order valence-electron chi connectivity index (χ4n) is 2.94. The normalized spacial score (nSPS) is 15.2. The van der Waals surface area contributed by atoms with Gasteiger partial charge >= 0.3 is 5.97 Å². The van der Waals surface area contributed by atoms with Crippen LogP contribution in [0.2, 0.25) is 0 Å². The van der Waals surface area contributed by atoms with E-state index in [2.05, 4.69) is 0 Å². The summed E-state index contributed by atoms with van der Waals surface area (Å²) in [5.41, 5.74) is 0.594. The van der Waals surface area contributed by atoms with Gasteiger partial charge in [-0.05, 0) is 23.3 Å². The third kappa shape index (κ3) is 1.97. The van der Waals surface area contributed by atoms with Crippen LogP contribution in [0, 0.1) is 0 Å². The molecule has 1 unspecified atom stereocenters. The molecule has 0 saturated carbocycles. The fraction of sp³-hybridized carbons (Fsp3) is 0.235. The van der Waals surface area contributed by atoms with Gasteiger partial charge in [0, 0.05) is 0 Å². The summed E-state index contributed by atoms with van der Waals surface area (Å²) in [4.78, 5) is 37.5. The summed E-state index contributed by atoms with van der Waals surface area (Å²) in [6.45, 7) is 1.82. The molecule has 0 aromatic heterocycles. The number of amides is 2. The number of fused-ring (bicyclic) bond motifs is 3. The van der Waals surface area contributed by atoms with Crippen molar-refractivity contribution >= 4 is 28.6 Å². The van der Waals surface area contributed by atoms with Crippen LogP contribution in [-0.2, 0) is 4.79 Å². The number of aliphatic carboxylic acids is 1. The maximum Gasteiger partial charge on any atom is 0.326 e. The molecule has 0 radical (unpaired) electrons. The SMILES string of the molecule is CCCC(C(=O)O)N1C(=O)c2ccc3ccccc3c2C1=O. The second-order valence-electron chi connectivity index (χ2n) is 5.33. The van der Waals surface area contributed by atoms with Crippen molar-refractivity contribution in [1.82, 2.24) is 4.90 Å². The maximum atomic E-state index is 12.7. The molecule has 2 aromatic carbocycles. The Hall–Kier alpha value is -2.69. The van der Waals surface area contributed by atoms with Gasteiger partial charge in [0.15, 0.2) is 0 Å². The summed E-state index contributed by atoms with van der Waals surface area (Å²) in [7, 11) is 0. The Bertz CT molecular complexity index is 796. The molecule has 22 heavy (non-hydrogen) atoms. The van der Waals surface area contributed by atoms with Crippen molar-refractivity contribution in [3.63, 3.8) is 0 Å². The smallest absolute Gasteiger partial charge is 0.326 e. The monoisotopic (exact) mass is 297 g/mol. The molecule has 1 atom stereocenters. The van der Waals surface area contributed by atoms with E-state index in [0.717, 1.165) is 10.3 Å². The van der Waals surface area contributed by atoms with E-state index in [9.17, 15) is 19.5 Å². The Balaban J connectivity index is 2.16. The van der Waals surface area contributed by atoms with Gasteiger partial charge in [-0.1, -0.05) is 43.7 Å². The molecule has 3 rings (SSSR count). The zero-order valence-electron chi connectivity index (χ0n) is 12.1. The largest absolute Gasteiger partial charge is 0.480 e. The van der Waals surface area contributed by atoms with Crippen molar-refractivity contribution in [2.45, 2.75) is 25.8 Å². The molecular weight excluding hydrogens is 282 g/mol. The number of imide groups is 1. The highest BCUT2D eigenvalue weighted by Crippen LogP contribution is 2.32. The molecule has 1 heterocycles. The highest BCUT2D eigenvalue weighted by Gasteiger charge is 2.43. The van der Waals surface area contributed by atoms with E-state index in [1.165, 1.54) is 0 Å². The molecule has 0 saturated heterocycles. The number of rotatable bonds is 4. The lowest BCUT2D eigenvalue weighted by Crippen LogP contribution is -2.44. The first-order chi connectivity index (χ1) is 10.6. The zero-order valence-corrected chi connectivity index (χ0v) is 12.1. The molecule has 112 valence electrons. The minimum Gasteiger partial charge on any atom is -0.480 e. The molecule has 0 aliphatic carbocycles. The molecule has 1 N–H and O–H groups in total. The zero-order chi connectivity index (χ0) is 15.9. The van der Waals surface area contributed by atoms with Crippen LogP contribution in [0.5, 0.6) is 0 Å². The molecule has 5 nitrogen and oxygen atoms in total. The highest BCUT2D eigenvalue weighted by atomic mass is 16.4. The van der Waals surface area contributed by atoms with Crippen molar-refractivity contribution in [3.8, 4) is 0 Å². The van der Waals surface area contributed by atoms with Crippen LogP contribution in [0.4, 0.5) is 0 Å². The van der Waals surface area contributed by atoms with Gasteiger partial charge in [0.1, 0.15) is 6.04 Å². The van der Waals surface area contributed by atoms with Crippen LogP contribution in [0.15, 0.2) is 36.4 Å². The van der Waals surface area contributed by atoms with Crippen molar-refractivity contribution < 1.29 is 19.5 Å². The molecule has 2 aromatic rings. The minimum absolute atomic E-state index is 0.249. The molecule has 5 heteroatoms. The number of carboxylic acids is 1. The lowest BCUT2D eigenvalue weighted by Gasteiger charge is -2.21. The summed E-state index contributed by atoms with van der Waals surface area (Å²) >= 11 is 0. The van der Waals surface area contributed by atoms with Gasteiger partial charge in [0.05, 0.1) is 11.1 Å². The highest BCUT2D eigenvalue weighted by molar-refractivity contribution is 6.27. The molecule has 0 bridgehead atoms. The topological polar surface area (TPSA) is 74.7 Å². The fourth-order valence-corrected chi connectivity index (χ4v) is 2.94. The van der Waals surface area contributed by atoms with Gasteiger partial charge < -0.3 is 5.11 Å². The van der Waals surface area contributed by atoms with E-state index in [0.29, 0.717) is 17.4 Å². The van der Waals surface area contributed by atoms with E-state index in [-0.39, 0.29) is 12.0 Å². The number of carbonyl (C=O) groups excluding carboxylic acids is 2. The standard InChI is InChI=1S/C17H15NO4/c1-2-5-13(17(21)22)18-15(19)12-9-8-10-6-3-4-7-11(10)14(12)16(18)20/h3-4,6-9,13H,2,5H2,1H3,(H,21,22). The number of hydrogen-bond acceptors (Lipinski definition) is 3.